The zero-order chi connectivity index (χ0) is 49.1. The molecule has 1 aromatic carbocycles. The molecular weight excluding hydrogens is 1020 g/mol. The number of likely N-dealkylation sites (N-methyl/N-ethyl adjacent to an activating group) is 1. The fourth-order valence-electron chi connectivity index (χ4n) is 9.49. The Kier molecular flexibility index (Phi) is 17.2. The van der Waals surface area contributed by atoms with Crippen LogP contribution in [0.4, 0.5) is 10.5 Å². The van der Waals surface area contributed by atoms with Crippen molar-refractivity contribution in [3.05, 3.63) is 46.5 Å². The molecule has 0 radical (unpaired) electrons. The normalized spacial score (nSPS) is 33.1. The molecule has 67 heavy (non-hydrogen) atoms. The second kappa shape index (κ2) is 21.9. The van der Waals surface area contributed by atoms with Crippen molar-refractivity contribution in [3.8, 4) is 5.75 Å². The Hall–Kier alpha value is -3.76. The molecule has 1 aromatic rings. The first-order valence-electron chi connectivity index (χ1n) is 22.6. The molecule has 4 heterocycles. The maximum absolute atomic E-state index is 14.3. The van der Waals surface area contributed by atoms with Gasteiger partial charge in [-0.15, -0.1) is 11.8 Å². The number of alkyl carbamates (subject to hydrolysis) is 1. The lowest BCUT2D eigenvalue weighted by Crippen LogP contribution is -2.63. The van der Waals surface area contributed by atoms with E-state index in [1.54, 1.807) is 45.2 Å². The number of aliphatic hydroxyl groups is 1. The Labute approximate surface area is 414 Å². The summed E-state index contributed by atoms with van der Waals surface area (Å²) in [5.74, 6) is -2.04. The van der Waals surface area contributed by atoms with E-state index in [1.165, 1.54) is 54.7 Å². The number of ether oxygens (including phenoxy) is 5. The summed E-state index contributed by atoms with van der Waals surface area (Å²) < 4.78 is 29.5. The van der Waals surface area contributed by atoms with E-state index in [2.05, 4.69) is 5.32 Å². The number of allylic oxidation sites excluding steroid dienone is 3. The lowest BCUT2D eigenvalue weighted by atomic mass is 9.82. The minimum absolute atomic E-state index is 0.0289. The van der Waals surface area contributed by atoms with Crippen LogP contribution in [0.25, 0.3) is 0 Å². The van der Waals surface area contributed by atoms with Crippen LogP contribution >= 0.6 is 46.0 Å². The number of likely N-dealkylation sites (tertiary alicyclic amines) is 1. The van der Waals surface area contributed by atoms with E-state index >= 15 is 0 Å². The number of methoxy groups -OCH3 is 2. The largest absolute Gasteiger partial charge is 0.495 e. The molecule has 368 valence electrons. The van der Waals surface area contributed by atoms with E-state index in [4.69, 9.17) is 35.3 Å². The van der Waals surface area contributed by atoms with Crippen molar-refractivity contribution in [2.24, 2.45) is 17.8 Å². The number of fused-ring (bicyclic) bond motifs is 5. The average Bonchev–Trinajstić information content (AvgIpc) is 3.91. The van der Waals surface area contributed by atoms with Crippen molar-refractivity contribution < 1.29 is 62.4 Å². The van der Waals surface area contributed by atoms with Gasteiger partial charge in [-0.1, -0.05) is 42.3 Å². The molecule has 3 saturated heterocycles. The first-order chi connectivity index (χ1) is 31.6. The number of imide groups is 1. The summed E-state index contributed by atoms with van der Waals surface area (Å²) in [5, 5.41) is 13.9. The first kappa shape index (κ1) is 52.6. The maximum atomic E-state index is 14.3. The number of nitrogens with one attached hydrogen (secondary N) is 1. The third kappa shape index (κ3) is 12.0. The van der Waals surface area contributed by atoms with Gasteiger partial charge in [-0.05, 0) is 99.1 Å². The van der Waals surface area contributed by atoms with Crippen LogP contribution in [-0.2, 0) is 54.1 Å². The summed E-state index contributed by atoms with van der Waals surface area (Å²) in [6.07, 6.45) is 3.57. The maximum Gasteiger partial charge on any atom is 0.409 e. The van der Waals surface area contributed by atoms with Gasteiger partial charge in [0.05, 0.1) is 30.6 Å². The number of benzene rings is 1. The van der Waals surface area contributed by atoms with Gasteiger partial charge in [-0.2, -0.15) is 0 Å². The van der Waals surface area contributed by atoms with Crippen LogP contribution in [0.2, 0.25) is 5.02 Å². The molecule has 5 aliphatic rings. The van der Waals surface area contributed by atoms with Gasteiger partial charge in [0.1, 0.15) is 40.7 Å². The topological polar surface area (TPSA) is 211 Å². The van der Waals surface area contributed by atoms with E-state index < -0.39 is 76.8 Å². The van der Waals surface area contributed by atoms with Gasteiger partial charge in [-0.25, -0.2) is 9.59 Å². The first-order valence-corrected chi connectivity index (χ1v) is 25.1. The average molecular weight is 1090 g/mol. The predicted octanol–water partition coefficient (Wildman–Crippen LogP) is 5.53. The number of rotatable bonds is 12. The van der Waals surface area contributed by atoms with Crippen LogP contribution in [-0.4, -0.2) is 142 Å². The van der Waals surface area contributed by atoms with Gasteiger partial charge in [-0.3, -0.25) is 34.2 Å². The number of hydrogen-bond acceptors (Lipinski definition) is 14. The van der Waals surface area contributed by atoms with Gasteiger partial charge in [0.15, 0.2) is 9.51 Å². The Morgan fingerprint density at radius 1 is 1.10 bits per heavy atom. The van der Waals surface area contributed by atoms with Gasteiger partial charge in [0.2, 0.25) is 23.6 Å². The fourth-order valence-corrected chi connectivity index (χ4v) is 11.5. The van der Waals surface area contributed by atoms with Crippen LogP contribution in [0.15, 0.2) is 35.9 Å². The summed E-state index contributed by atoms with van der Waals surface area (Å²) in [6.45, 7) is 7.21. The molecular formula is C47H62ClIN4O13S. The molecule has 1 aliphatic carbocycles. The Morgan fingerprint density at radius 2 is 1.81 bits per heavy atom. The highest BCUT2D eigenvalue weighted by Gasteiger charge is 2.64. The molecule has 9 atom stereocenters. The predicted molar refractivity (Wildman–Crippen MR) is 258 cm³/mol. The highest BCUT2D eigenvalue weighted by atomic mass is 127. The number of carbonyl (C=O) groups is 7. The molecule has 0 aromatic heterocycles. The van der Waals surface area contributed by atoms with Crippen LogP contribution in [0.1, 0.15) is 84.6 Å². The summed E-state index contributed by atoms with van der Waals surface area (Å²) in [5.41, 5.74) is -1.13. The third-order valence-electron chi connectivity index (χ3n) is 14.0. The van der Waals surface area contributed by atoms with E-state index in [0.717, 1.165) is 36.8 Å². The van der Waals surface area contributed by atoms with Crippen molar-refractivity contribution in [3.63, 3.8) is 0 Å². The number of nitrogens with zero attached hydrogens (tertiary/aromatic N) is 3. The standard InChI is InChI=1S/C47H62ClIN4O13S/c1-25-10-9-11-35(63-8)47(61)23-33(64-45(60)50-47)26(2)41-46(4,66-41)36(22-38(55)52(6)31-19-29(18-25)20-32(62-7)40(31)48)65-44(59)27(3)51(5)37(54)16-17-67-34-21-39(56)53(43(34)58)24-28-12-14-30(15-13-28)42(49)57/h9-11,19-20,26-28,30,33-36,41,61H,12-18,21-24H2,1-8H3,(H,50,60)/b11-9+,25-10+/t26-,27+,28?,30?,33+,34?,35-,36+,41+,46+,47+/m1/s1. The summed E-state index contributed by atoms with van der Waals surface area (Å²) >= 11 is 9.87. The molecule has 20 heteroatoms. The van der Waals surface area contributed by atoms with Gasteiger partial charge in [0, 0.05) is 64.6 Å². The number of epoxide rings is 1. The van der Waals surface area contributed by atoms with E-state index in [9.17, 15) is 38.7 Å². The summed E-state index contributed by atoms with van der Waals surface area (Å²) in [7, 11) is 5.91. The Bertz CT molecular complexity index is 2170. The number of carbonyl (C=O) groups excluding carboxylic acids is 7. The van der Waals surface area contributed by atoms with E-state index in [0.29, 0.717) is 24.4 Å². The molecule has 1 unspecified atom stereocenters. The second-order valence-electron chi connectivity index (χ2n) is 18.6. The number of anilines is 1. The molecule has 2 N–H and O–H groups in total. The molecule has 1 saturated carbocycles. The number of halogens is 2. The lowest BCUT2D eigenvalue weighted by molar-refractivity contribution is -0.162. The Balaban J connectivity index is 1.16. The summed E-state index contributed by atoms with van der Waals surface area (Å²) in [6, 6.07) is 2.43. The molecule has 4 fully saturated rings. The smallest absolute Gasteiger partial charge is 0.409 e. The van der Waals surface area contributed by atoms with Gasteiger partial charge >= 0.3 is 12.1 Å². The van der Waals surface area contributed by atoms with Crippen molar-refractivity contribution in [2.45, 2.75) is 133 Å². The highest BCUT2D eigenvalue weighted by molar-refractivity contribution is 14.1. The lowest BCUT2D eigenvalue weighted by Gasteiger charge is -2.42. The SMILES string of the molecule is COc1cc2cc(c1Cl)N(C)C(=O)C[C@H](OC(=O)[C@H](C)N(C)C(=O)CCSC1CC(=O)N(CC3CCC(C(=O)I)CC3)C1=O)[C@]1(C)O[C@H]1[C@H](C)[C@@H]1C[C@@](O)(NC(=O)O1)[C@H](OC)/C=C/C=C(\C)C2. The summed E-state index contributed by atoms with van der Waals surface area (Å²) in [4.78, 5) is 96.8. The van der Waals surface area contributed by atoms with Crippen LogP contribution in [0.5, 0.6) is 5.75 Å². The molecule has 17 nitrogen and oxygen atoms in total. The molecule has 4 aliphatic heterocycles. The quantitative estimate of drug-likeness (QED) is 0.0867. The number of hydrogen-bond donors (Lipinski definition) is 2. The van der Waals surface area contributed by atoms with Crippen LogP contribution in [0, 0.1) is 17.8 Å². The zero-order valence-corrected chi connectivity index (χ0v) is 42.9. The van der Waals surface area contributed by atoms with Crippen LogP contribution in [0.3, 0.4) is 0 Å². The number of amides is 5. The highest BCUT2D eigenvalue weighted by Crippen LogP contribution is 2.49. The van der Waals surface area contributed by atoms with Crippen molar-refractivity contribution in [1.29, 1.82) is 0 Å². The molecule has 5 amide bonds. The van der Waals surface area contributed by atoms with Gasteiger partial charge in [0.25, 0.3) is 0 Å². The zero-order valence-electron chi connectivity index (χ0n) is 39.2. The fraction of sp³-hybridized carbons (Fsp3) is 0.638. The Morgan fingerprint density at radius 3 is 2.46 bits per heavy atom. The van der Waals surface area contributed by atoms with Crippen molar-refractivity contribution in [2.75, 3.05) is 45.5 Å². The van der Waals surface area contributed by atoms with E-state index in [-0.39, 0.29) is 63.9 Å². The van der Waals surface area contributed by atoms with Gasteiger partial charge < -0.3 is 38.6 Å². The van der Waals surface area contributed by atoms with Crippen molar-refractivity contribution in [1.82, 2.24) is 15.1 Å². The minimum Gasteiger partial charge on any atom is -0.495 e. The second-order valence-corrected chi connectivity index (χ2v) is 21.3. The third-order valence-corrected chi connectivity index (χ3v) is 16.4. The molecule has 6 rings (SSSR count). The number of thioether (sulfide) groups is 1. The monoisotopic (exact) mass is 1080 g/mol. The number of esters is 1. The van der Waals surface area contributed by atoms with Crippen LogP contribution < -0.4 is 15.0 Å². The minimum atomic E-state index is -1.87. The van der Waals surface area contributed by atoms with E-state index in [1.807, 2.05) is 35.6 Å². The van der Waals surface area contributed by atoms with Crippen molar-refractivity contribution >= 4 is 91.1 Å². The molecule has 0 spiro atoms. The molecule has 4 bridgehead atoms.